The summed E-state index contributed by atoms with van der Waals surface area (Å²) in [5.74, 6) is 0.509. The number of halogens is 3. The van der Waals surface area contributed by atoms with E-state index in [9.17, 15) is 4.79 Å². The molecule has 0 saturated carbocycles. The second-order valence-electron chi connectivity index (χ2n) is 8.36. The van der Waals surface area contributed by atoms with Crippen molar-refractivity contribution in [1.29, 1.82) is 0 Å². The van der Waals surface area contributed by atoms with E-state index in [1.807, 2.05) is 25.2 Å². The first kappa shape index (κ1) is 24.6. The Bertz CT molecular complexity index is 1130. The monoisotopic (exact) mass is 510 g/mol. The fourth-order valence-electron chi connectivity index (χ4n) is 3.08. The van der Waals surface area contributed by atoms with E-state index in [2.05, 4.69) is 36.2 Å². The number of nitrogens with one attached hydrogen (secondary N) is 1. The van der Waals surface area contributed by atoms with Crippen molar-refractivity contribution in [3.63, 3.8) is 0 Å². The van der Waals surface area contributed by atoms with Crippen molar-refractivity contribution in [2.75, 3.05) is 5.32 Å². The predicted octanol–water partition coefficient (Wildman–Crippen LogP) is 6.73. The minimum absolute atomic E-state index is 0.190. The molecule has 3 rings (SSSR count). The highest BCUT2D eigenvalue weighted by molar-refractivity contribution is 6.54. The van der Waals surface area contributed by atoms with Crippen LogP contribution in [0.15, 0.2) is 41.1 Å². The Morgan fingerprint density at radius 2 is 1.88 bits per heavy atom. The van der Waals surface area contributed by atoms with E-state index in [-0.39, 0.29) is 5.41 Å². The molecule has 0 aliphatic carbocycles. The van der Waals surface area contributed by atoms with Gasteiger partial charge in [0.2, 0.25) is 0 Å². The van der Waals surface area contributed by atoms with Crippen LogP contribution in [0.5, 0.6) is 5.75 Å². The summed E-state index contributed by atoms with van der Waals surface area (Å²) >= 11 is 18.0. The van der Waals surface area contributed by atoms with Gasteiger partial charge >= 0.3 is 0 Å². The molecule has 1 aromatic carbocycles. The number of carbonyl (C=O) groups excluding carboxylic acids is 1. The molecule has 0 saturated heterocycles. The van der Waals surface area contributed by atoms with Crippen LogP contribution in [0.1, 0.15) is 26.3 Å². The normalized spacial score (nSPS) is 11.8. The Hall–Kier alpha value is -2.06. The molecule has 169 valence electrons. The number of nitrogens with zero attached hydrogens (tertiary/aromatic N) is 2. The Morgan fingerprint density at radius 1 is 1.16 bits per heavy atom. The van der Waals surface area contributed by atoms with Crippen LogP contribution in [0.25, 0.3) is 22.7 Å². The molecule has 6 nitrogen and oxygen atoms in total. The van der Waals surface area contributed by atoms with Gasteiger partial charge in [0.05, 0.1) is 5.02 Å². The molecule has 0 bridgehead atoms. The highest BCUT2D eigenvalue weighted by Crippen LogP contribution is 2.43. The molecule has 0 aliphatic rings. The third-order valence-corrected chi connectivity index (χ3v) is 5.87. The lowest BCUT2D eigenvalue weighted by molar-refractivity contribution is -0.114. The number of anilines is 1. The van der Waals surface area contributed by atoms with Gasteiger partial charge in [0.25, 0.3) is 14.9 Å². The number of alkyl halides is 2. The minimum Gasteiger partial charge on any atom is -0.542 e. The molecular weight excluding hydrogens is 489 g/mol. The van der Waals surface area contributed by atoms with Crippen LogP contribution in [-0.2, 0) is 10.2 Å². The van der Waals surface area contributed by atoms with E-state index in [1.54, 1.807) is 24.4 Å². The molecule has 10 heteroatoms. The summed E-state index contributed by atoms with van der Waals surface area (Å²) < 4.78 is 11.6. The standard InChI is InChI=1S/C22H23Cl3N3O3Si/c1-22(2,3)13-6-7-16(31-32(4)5)19(23)18(13)15-11-17(30-28-15)14-10-12(8-9-26-14)27-21(29)20(24)25/h6-11,20H,1-5H3,(H,26,27,29). The van der Waals surface area contributed by atoms with Gasteiger partial charge in [-0.05, 0) is 42.3 Å². The van der Waals surface area contributed by atoms with Crippen LogP contribution in [0, 0.1) is 0 Å². The molecule has 0 spiro atoms. The summed E-state index contributed by atoms with van der Waals surface area (Å²) in [7, 11) is -1.00. The predicted molar refractivity (Wildman–Crippen MR) is 131 cm³/mol. The number of pyridine rings is 1. The van der Waals surface area contributed by atoms with Gasteiger partial charge in [0.15, 0.2) is 10.6 Å². The maximum absolute atomic E-state index is 11.8. The third-order valence-electron chi connectivity index (χ3n) is 4.47. The average Bonchev–Trinajstić information content (AvgIpc) is 3.18. The maximum atomic E-state index is 11.8. The number of hydrogen-bond acceptors (Lipinski definition) is 5. The number of benzene rings is 1. The fraction of sp³-hybridized carbons (Fsp3) is 0.318. The van der Waals surface area contributed by atoms with Crippen LogP contribution in [0.2, 0.25) is 18.1 Å². The smallest absolute Gasteiger partial charge is 0.274 e. The van der Waals surface area contributed by atoms with Crippen molar-refractivity contribution in [3.8, 4) is 28.5 Å². The van der Waals surface area contributed by atoms with Crippen molar-refractivity contribution < 1.29 is 13.7 Å². The van der Waals surface area contributed by atoms with Gasteiger partial charge in [-0.2, -0.15) is 0 Å². The van der Waals surface area contributed by atoms with Crippen LogP contribution in [-0.4, -0.2) is 29.9 Å². The summed E-state index contributed by atoms with van der Waals surface area (Å²) in [6, 6.07) is 8.95. The summed E-state index contributed by atoms with van der Waals surface area (Å²) in [5, 5.41) is 7.37. The van der Waals surface area contributed by atoms with E-state index in [0.717, 1.165) is 11.1 Å². The van der Waals surface area contributed by atoms with Crippen LogP contribution >= 0.6 is 34.8 Å². The van der Waals surface area contributed by atoms with E-state index >= 15 is 0 Å². The summed E-state index contributed by atoms with van der Waals surface area (Å²) in [5.41, 5.74) is 3.11. The molecule has 2 heterocycles. The van der Waals surface area contributed by atoms with Crippen LogP contribution in [0.3, 0.4) is 0 Å². The Labute approximate surface area is 203 Å². The molecule has 0 fully saturated rings. The molecule has 0 aliphatic heterocycles. The molecule has 1 N–H and O–H groups in total. The van der Waals surface area contributed by atoms with Gasteiger partial charge in [-0.25, -0.2) is 0 Å². The fourth-order valence-corrected chi connectivity index (χ4v) is 4.17. The largest absolute Gasteiger partial charge is 0.542 e. The lowest BCUT2D eigenvalue weighted by Crippen LogP contribution is -2.18. The summed E-state index contributed by atoms with van der Waals surface area (Å²) in [6.07, 6.45) is 1.54. The summed E-state index contributed by atoms with van der Waals surface area (Å²) in [6.45, 7) is 10.4. The maximum Gasteiger partial charge on any atom is 0.274 e. The molecular formula is C22H23Cl3N3O3Si. The quantitative estimate of drug-likeness (QED) is 0.293. The second-order valence-corrected chi connectivity index (χ2v) is 11.9. The molecule has 3 aromatic rings. The lowest BCUT2D eigenvalue weighted by atomic mass is 9.82. The number of amides is 1. The second kappa shape index (κ2) is 9.83. The van der Waals surface area contributed by atoms with Crippen molar-refractivity contribution in [2.24, 2.45) is 0 Å². The van der Waals surface area contributed by atoms with Crippen LogP contribution in [0.4, 0.5) is 5.69 Å². The SMILES string of the molecule is C[Si](C)Oc1ccc(C(C)(C)C)c(-c2cc(-c3cc(NC(=O)C(Cl)Cl)ccn3)on2)c1Cl. The Morgan fingerprint density at radius 3 is 2.50 bits per heavy atom. The highest BCUT2D eigenvalue weighted by atomic mass is 35.5. The van der Waals surface area contributed by atoms with Crippen molar-refractivity contribution in [1.82, 2.24) is 10.1 Å². The lowest BCUT2D eigenvalue weighted by Gasteiger charge is -2.24. The van der Waals surface area contributed by atoms with E-state index in [1.165, 1.54) is 0 Å². The topological polar surface area (TPSA) is 77.2 Å². The van der Waals surface area contributed by atoms with Gasteiger partial charge in [-0.15, -0.1) is 0 Å². The highest BCUT2D eigenvalue weighted by Gasteiger charge is 2.26. The Kier molecular flexibility index (Phi) is 7.55. The zero-order valence-electron chi connectivity index (χ0n) is 18.3. The number of rotatable bonds is 6. The number of carbonyl (C=O) groups is 1. The molecule has 1 radical (unpaired) electrons. The molecule has 32 heavy (non-hydrogen) atoms. The molecule has 2 aromatic heterocycles. The van der Waals surface area contributed by atoms with E-state index in [4.69, 9.17) is 43.8 Å². The van der Waals surface area contributed by atoms with Gasteiger partial charge in [0, 0.05) is 23.5 Å². The molecule has 1 amide bonds. The zero-order valence-corrected chi connectivity index (χ0v) is 21.6. The van der Waals surface area contributed by atoms with Gasteiger partial charge in [-0.1, -0.05) is 66.8 Å². The van der Waals surface area contributed by atoms with Gasteiger partial charge < -0.3 is 14.3 Å². The summed E-state index contributed by atoms with van der Waals surface area (Å²) in [4.78, 5) is 14.9. The van der Waals surface area contributed by atoms with Gasteiger partial charge in [-0.3, -0.25) is 9.78 Å². The average molecular weight is 512 g/mol. The first-order valence-corrected chi connectivity index (χ1v) is 13.5. The van der Waals surface area contributed by atoms with E-state index < -0.39 is 19.8 Å². The van der Waals surface area contributed by atoms with E-state index in [0.29, 0.717) is 33.6 Å². The van der Waals surface area contributed by atoms with Gasteiger partial charge in [0.1, 0.15) is 17.1 Å². The first-order chi connectivity index (χ1) is 15.0. The number of hydrogen-bond donors (Lipinski definition) is 1. The number of aromatic nitrogens is 2. The zero-order chi connectivity index (χ0) is 23.6. The molecule has 0 atom stereocenters. The van der Waals surface area contributed by atoms with Crippen molar-refractivity contribution >= 4 is 55.4 Å². The van der Waals surface area contributed by atoms with Crippen molar-refractivity contribution in [2.45, 2.75) is 44.1 Å². The first-order valence-electron chi connectivity index (χ1n) is 9.81. The van der Waals surface area contributed by atoms with Crippen LogP contribution < -0.4 is 9.74 Å². The minimum atomic E-state index is -1.18. The third kappa shape index (κ3) is 5.64. The molecule has 0 unspecified atom stereocenters. The van der Waals surface area contributed by atoms with Crippen molar-refractivity contribution in [3.05, 3.63) is 47.1 Å². The Balaban J connectivity index is 2.04.